The van der Waals surface area contributed by atoms with Crippen LogP contribution in [-0.4, -0.2) is 38.9 Å². The maximum atomic E-state index is 4.19. The minimum atomic E-state index is 0.716. The van der Waals surface area contributed by atoms with Gasteiger partial charge in [-0.1, -0.05) is 0 Å². The van der Waals surface area contributed by atoms with Gasteiger partial charge in [-0.15, -0.1) is 0 Å². The monoisotopic (exact) mass is 212 g/mol. The van der Waals surface area contributed by atoms with Crippen LogP contribution in [-0.2, 0) is 13.5 Å². The molecule has 1 unspecified atom stereocenters. The fourth-order valence-corrected chi connectivity index (χ4v) is 2.82. The van der Waals surface area contributed by atoms with Gasteiger partial charge in [0.05, 0.1) is 0 Å². The van der Waals surface area contributed by atoms with E-state index in [4.69, 9.17) is 0 Å². The molecule has 1 saturated heterocycles. The minimum absolute atomic E-state index is 0.716. The summed E-state index contributed by atoms with van der Waals surface area (Å²) in [4.78, 5) is 4.19. The van der Waals surface area contributed by atoms with Gasteiger partial charge in [-0.25, -0.2) is 4.98 Å². The number of nitrogens with zero attached hydrogens (tertiary/aromatic N) is 3. The molecular formula is C9H16N4S. The number of rotatable bonds is 4. The van der Waals surface area contributed by atoms with Crippen LogP contribution >= 0.6 is 11.8 Å². The van der Waals surface area contributed by atoms with Crippen molar-refractivity contribution in [2.24, 2.45) is 7.05 Å². The summed E-state index contributed by atoms with van der Waals surface area (Å²) in [6.07, 6.45) is 3.89. The SMILES string of the molecule is Cn1ncnc1CCNC1CCSC1. The van der Waals surface area contributed by atoms with E-state index in [-0.39, 0.29) is 0 Å². The lowest BCUT2D eigenvalue weighted by Gasteiger charge is -2.09. The van der Waals surface area contributed by atoms with Crippen LogP contribution in [0.25, 0.3) is 0 Å². The molecule has 1 aromatic heterocycles. The Morgan fingerprint density at radius 1 is 1.71 bits per heavy atom. The van der Waals surface area contributed by atoms with Crippen molar-refractivity contribution in [2.75, 3.05) is 18.1 Å². The zero-order valence-corrected chi connectivity index (χ0v) is 9.26. The highest BCUT2D eigenvalue weighted by Gasteiger charge is 2.14. The number of hydrogen-bond acceptors (Lipinski definition) is 4. The lowest BCUT2D eigenvalue weighted by atomic mass is 10.2. The van der Waals surface area contributed by atoms with Crippen LogP contribution in [0.1, 0.15) is 12.2 Å². The van der Waals surface area contributed by atoms with Crippen molar-refractivity contribution in [3.05, 3.63) is 12.2 Å². The third-order valence-electron chi connectivity index (χ3n) is 2.52. The average molecular weight is 212 g/mol. The van der Waals surface area contributed by atoms with Crippen LogP contribution in [0.5, 0.6) is 0 Å². The Morgan fingerprint density at radius 2 is 2.64 bits per heavy atom. The van der Waals surface area contributed by atoms with Crippen LogP contribution in [0.4, 0.5) is 0 Å². The number of thioether (sulfide) groups is 1. The third kappa shape index (κ3) is 2.48. The molecule has 2 rings (SSSR count). The molecule has 0 bridgehead atoms. The molecule has 2 heterocycles. The topological polar surface area (TPSA) is 42.7 Å². The molecule has 0 aromatic carbocycles. The van der Waals surface area contributed by atoms with Gasteiger partial charge < -0.3 is 5.32 Å². The van der Waals surface area contributed by atoms with Crippen molar-refractivity contribution in [3.63, 3.8) is 0 Å². The van der Waals surface area contributed by atoms with Crippen molar-refractivity contribution >= 4 is 11.8 Å². The largest absolute Gasteiger partial charge is 0.313 e. The smallest absolute Gasteiger partial charge is 0.138 e. The fraction of sp³-hybridized carbons (Fsp3) is 0.778. The summed E-state index contributed by atoms with van der Waals surface area (Å²) < 4.78 is 1.84. The molecule has 14 heavy (non-hydrogen) atoms. The number of hydrogen-bond donors (Lipinski definition) is 1. The first-order chi connectivity index (χ1) is 6.86. The van der Waals surface area contributed by atoms with Gasteiger partial charge in [0.2, 0.25) is 0 Å². The highest BCUT2D eigenvalue weighted by Crippen LogP contribution is 2.16. The van der Waals surface area contributed by atoms with Gasteiger partial charge in [-0.2, -0.15) is 16.9 Å². The van der Waals surface area contributed by atoms with Crippen molar-refractivity contribution in [2.45, 2.75) is 18.9 Å². The van der Waals surface area contributed by atoms with E-state index in [1.807, 2.05) is 23.5 Å². The highest BCUT2D eigenvalue weighted by molar-refractivity contribution is 7.99. The maximum Gasteiger partial charge on any atom is 0.138 e. The molecule has 1 N–H and O–H groups in total. The molecule has 78 valence electrons. The Labute approximate surface area is 88.5 Å². The molecule has 4 nitrogen and oxygen atoms in total. The molecule has 1 aliphatic rings. The third-order valence-corrected chi connectivity index (χ3v) is 3.68. The summed E-state index contributed by atoms with van der Waals surface area (Å²) in [6, 6.07) is 0.716. The van der Waals surface area contributed by atoms with Crippen LogP contribution in [0.15, 0.2) is 6.33 Å². The molecule has 1 aliphatic heterocycles. The van der Waals surface area contributed by atoms with Crippen LogP contribution in [0.3, 0.4) is 0 Å². The van der Waals surface area contributed by atoms with Crippen LogP contribution in [0, 0.1) is 0 Å². The molecule has 0 spiro atoms. The second-order valence-electron chi connectivity index (χ2n) is 3.56. The summed E-state index contributed by atoms with van der Waals surface area (Å²) in [7, 11) is 1.94. The van der Waals surface area contributed by atoms with Gasteiger partial charge in [0.25, 0.3) is 0 Å². The maximum absolute atomic E-state index is 4.19. The van der Waals surface area contributed by atoms with Crippen LogP contribution in [0.2, 0.25) is 0 Å². The summed E-state index contributed by atoms with van der Waals surface area (Å²) in [6.45, 7) is 1.01. The van der Waals surface area contributed by atoms with E-state index in [9.17, 15) is 0 Å². The highest BCUT2D eigenvalue weighted by atomic mass is 32.2. The van der Waals surface area contributed by atoms with E-state index in [2.05, 4.69) is 15.4 Å². The van der Waals surface area contributed by atoms with Gasteiger partial charge in [0.1, 0.15) is 12.2 Å². The van der Waals surface area contributed by atoms with Gasteiger partial charge in [-0.3, -0.25) is 4.68 Å². The van der Waals surface area contributed by atoms with E-state index in [0.717, 1.165) is 18.8 Å². The van der Waals surface area contributed by atoms with Crippen molar-refractivity contribution in [3.8, 4) is 0 Å². The molecule has 1 fully saturated rings. The summed E-state index contributed by atoms with van der Waals surface area (Å²) in [5.41, 5.74) is 0. The van der Waals surface area contributed by atoms with E-state index >= 15 is 0 Å². The lowest BCUT2D eigenvalue weighted by Crippen LogP contribution is -2.30. The Morgan fingerprint density at radius 3 is 3.29 bits per heavy atom. The first-order valence-electron chi connectivity index (χ1n) is 5.00. The molecule has 5 heteroatoms. The molecule has 1 aromatic rings. The van der Waals surface area contributed by atoms with Crippen LogP contribution < -0.4 is 5.32 Å². The first kappa shape index (κ1) is 9.98. The Kier molecular flexibility index (Phi) is 3.42. The molecular weight excluding hydrogens is 196 g/mol. The zero-order chi connectivity index (χ0) is 9.80. The summed E-state index contributed by atoms with van der Waals surface area (Å²) in [5.74, 6) is 3.63. The minimum Gasteiger partial charge on any atom is -0.313 e. The predicted molar refractivity (Wildman–Crippen MR) is 58.4 cm³/mol. The Bertz CT molecular complexity index is 280. The first-order valence-corrected chi connectivity index (χ1v) is 6.16. The second kappa shape index (κ2) is 4.79. The summed E-state index contributed by atoms with van der Waals surface area (Å²) >= 11 is 2.04. The van der Waals surface area contributed by atoms with E-state index in [1.165, 1.54) is 17.9 Å². The normalized spacial score (nSPS) is 21.6. The van der Waals surface area contributed by atoms with E-state index in [1.54, 1.807) is 6.33 Å². The van der Waals surface area contributed by atoms with E-state index < -0.39 is 0 Å². The Hall–Kier alpha value is -0.550. The van der Waals surface area contributed by atoms with Crippen molar-refractivity contribution in [1.82, 2.24) is 20.1 Å². The van der Waals surface area contributed by atoms with Gasteiger partial charge in [0, 0.05) is 31.8 Å². The second-order valence-corrected chi connectivity index (χ2v) is 4.71. The van der Waals surface area contributed by atoms with Crippen molar-refractivity contribution < 1.29 is 0 Å². The average Bonchev–Trinajstić information content (AvgIpc) is 2.78. The molecule has 1 atom stereocenters. The molecule has 0 amide bonds. The van der Waals surface area contributed by atoms with Gasteiger partial charge in [-0.05, 0) is 12.2 Å². The lowest BCUT2D eigenvalue weighted by molar-refractivity contribution is 0.547. The molecule has 0 aliphatic carbocycles. The number of aromatic nitrogens is 3. The van der Waals surface area contributed by atoms with E-state index in [0.29, 0.717) is 6.04 Å². The number of nitrogens with one attached hydrogen (secondary N) is 1. The summed E-state index contributed by atoms with van der Waals surface area (Å²) in [5, 5.41) is 7.59. The quantitative estimate of drug-likeness (QED) is 0.787. The van der Waals surface area contributed by atoms with Gasteiger partial charge >= 0.3 is 0 Å². The van der Waals surface area contributed by atoms with Crippen molar-refractivity contribution in [1.29, 1.82) is 0 Å². The Balaban J connectivity index is 1.70. The standard InChI is InChI=1S/C9H16N4S/c1-13-9(11-7-12-13)2-4-10-8-3-5-14-6-8/h7-8,10H,2-6H2,1H3. The predicted octanol–water partition coefficient (Wildman–Crippen LogP) is 0.453. The molecule has 0 saturated carbocycles. The fourth-order valence-electron chi connectivity index (χ4n) is 1.63. The molecule has 0 radical (unpaired) electrons. The zero-order valence-electron chi connectivity index (χ0n) is 8.44. The van der Waals surface area contributed by atoms with Gasteiger partial charge in [0.15, 0.2) is 0 Å². The number of aryl methyl sites for hydroxylation is 1.